The number of hydrogen-bond acceptors (Lipinski definition) is 5. The van der Waals surface area contributed by atoms with Crippen LogP contribution < -0.4 is 5.32 Å². The minimum atomic E-state index is -0.0319. The van der Waals surface area contributed by atoms with Gasteiger partial charge in [-0.25, -0.2) is 4.98 Å². The topological polar surface area (TPSA) is 54.5 Å². The molecule has 2 aromatic rings. The number of pyridine rings is 1. The number of ether oxygens (including phenoxy) is 1. The Balaban J connectivity index is 1.84. The average molecular weight is 309 g/mol. The van der Waals surface area contributed by atoms with Gasteiger partial charge in [-0.1, -0.05) is 36.4 Å². The van der Waals surface area contributed by atoms with Crippen LogP contribution in [0.5, 0.6) is 0 Å². The molecule has 2 heterocycles. The third-order valence-electron chi connectivity index (χ3n) is 3.60. The highest BCUT2D eigenvalue weighted by Crippen LogP contribution is 2.13. The molecule has 0 amide bonds. The highest BCUT2D eigenvalue weighted by atomic mass is 16.5. The Morgan fingerprint density at radius 3 is 2.52 bits per heavy atom. The van der Waals surface area contributed by atoms with Crippen molar-refractivity contribution in [3.8, 4) is 0 Å². The zero-order valence-corrected chi connectivity index (χ0v) is 12.8. The van der Waals surface area contributed by atoms with E-state index in [1.807, 2.05) is 48.5 Å². The number of allylic oxidation sites excluding steroid dienone is 1. The number of morpholine rings is 1. The summed E-state index contributed by atoms with van der Waals surface area (Å²) in [7, 11) is 0. The predicted octanol–water partition coefficient (Wildman–Crippen LogP) is 2.55. The van der Waals surface area contributed by atoms with Crippen LogP contribution in [0.2, 0.25) is 0 Å². The summed E-state index contributed by atoms with van der Waals surface area (Å²) >= 11 is 0. The molecule has 3 rings (SSSR count). The number of benzene rings is 1. The number of aromatic nitrogens is 1. The van der Waals surface area contributed by atoms with E-state index in [-0.39, 0.29) is 5.78 Å². The maximum Gasteiger partial charge on any atom is 0.189 e. The molecule has 1 saturated heterocycles. The first-order valence-electron chi connectivity index (χ1n) is 7.65. The van der Waals surface area contributed by atoms with Crippen molar-refractivity contribution in [3.63, 3.8) is 0 Å². The molecule has 1 N–H and O–H groups in total. The summed E-state index contributed by atoms with van der Waals surface area (Å²) in [6.45, 7) is 2.79. The van der Waals surface area contributed by atoms with Gasteiger partial charge in [-0.05, 0) is 12.1 Å². The molecule has 0 aliphatic carbocycles. The first-order valence-corrected chi connectivity index (χ1v) is 7.65. The summed E-state index contributed by atoms with van der Waals surface area (Å²) in [6.07, 6.45) is 3.35. The lowest BCUT2D eigenvalue weighted by Crippen LogP contribution is -2.38. The Labute approximate surface area is 135 Å². The molecule has 5 nitrogen and oxygen atoms in total. The molecular weight excluding hydrogens is 290 g/mol. The maximum absolute atomic E-state index is 12.5. The van der Waals surface area contributed by atoms with E-state index in [1.54, 1.807) is 12.3 Å². The van der Waals surface area contributed by atoms with Gasteiger partial charge in [0.2, 0.25) is 0 Å². The molecule has 0 atom stereocenters. The lowest BCUT2D eigenvalue weighted by atomic mass is 10.1. The van der Waals surface area contributed by atoms with E-state index in [4.69, 9.17) is 4.74 Å². The van der Waals surface area contributed by atoms with Gasteiger partial charge in [-0.15, -0.1) is 0 Å². The van der Waals surface area contributed by atoms with Crippen LogP contribution >= 0.6 is 0 Å². The molecule has 1 aromatic carbocycles. The molecule has 0 bridgehead atoms. The smallest absolute Gasteiger partial charge is 0.189 e. The maximum atomic E-state index is 12.5. The largest absolute Gasteiger partial charge is 0.378 e. The Morgan fingerprint density at radius 2 is 1.83 bits per heavy atom. The van der Waals surface area contributed by atoms with Gasteiger partial charge in [0.25, 0.3) is 0 Å². The molecule has 0 unspecified atom stereocenters. The normalized spacial score (nSPS) is 15.3. The van der Waals surface area contributed by atoms with Crippen LogP contribution in [0.3, 0.4) is 0 Å². The molecule has 1 aromatic heterocycles. The van der Waals surface area contributed by atoms with Crippen molar-refractivity contribution in [2.75, 3.05) is 31.6 Å². The summed E-state index contributed by atoms with van der Waals surface area (Å²) in [5.74, 6) is 1.43. The van der Waals surface area contributed by atoms with Crippen LogP contribution in [0.25, 0.3) is 0 Å². The second-order valence-electron chi connectivity index (χ2n) is 5.20. The van der Waals surface area contributed by atoms with E-state index in [9.17, 15) is 4.79 Å². The number of nitrogens with zero attached hydrogens (tertiary/aromatic N) is 2. The standard InChI is InChI=1S/C18H19N3O2/c22-16(15-6-2-1-3-7-15)14-18(21-10-12-23-13-11-21)20-17-8-4-5-9-19-17/h1-9,14H,10-13H2,(H,19,20)/b18-14-. The lowest BCUT2D eigenvalue weighted by Gasteiger charge is -2.31. The van der Waals surface area contributed by atoms with Crippen molar-refractivity contribution in [1.29, 1.82) is 0 Å². The Kier molecular flexibility index (Phi) is 5.01. The van der Waals surface area contributed by atoms with E-state index in [1.165, 1.54) is 0 Å². The minimum absolute atomic E-state index is 0.0319. The zero-order valence-electron chi connectivity index (χ0n) is 12.8. The lowest BCUT2D eigenvalue weighted by molar-refractivity contribution is 0.0540. The van der Waals surface area contributed by atoms with Crippen LogP contribution in [0, 0.1) is 0 Å². The number of rotatable bonds is 5. The molecule has 5 heteroatoms. The van der Waals surface area contributed by atoms with Gasteiger partial charge in [-0.3, -0.25) is 4.79 Å². The van der Waals surface area contributed by atoms with Crippen molar-refractivity contribution in [2.45, 2.75) is 0 Å². The van der Waals surface area contributed by atoms with Gasteiger partial charge < -0.3 is 15.0 Å². The monoisotopic (exact) mass is 309 g/mol. The molecule has 0 spiro atoms. The number of nitrogens with one attached hydrogen (secondary N) is 1. The zero-order chi connectivity index (χ0) is 15.9. The van der Waals surface area contributed by atoms with E-state index >= 15 is 0 Å². The first-order chi connectivity index (χ1) is 11.3. The van der Waals surface area contributed by atoms with Gasteiger partial charge >= 0.3 is 0 Å². The molecule has 23 heavy (non-hydrogen) atoms. The van der Waals surface area contributed by atoms with Crippen molar-refractivity contribution in [3.05, 3.63) is 72.2 Å². The highest BCUT2D eigenvalue weighted by molar-refractivity contribution is 6.05. The second-order valence-corrected chi connectivity index (χ2v) is 5.20. The number of anilines is 1. The minimum Gasteiger partial charge on any atom is -0.378 e. The Morgan fingerprint density at radius 1 is 1.09 bits per heavy atom. The highest BCUT2D eigenvalue weighted by Gasteiger charge is 2.16. The molecule has 1 fully saturated rings. The van der Waals surface area contributed by atoms with E-state index in [0.29, 0.717) is 24.6 Å². The van der Waals surface area contributed by atoms with Gasteiger partial charge in [0, 0.05) is 30.9 Å². The van der Waals surface area contributed by atoms with Gasteiger partial charge in [0.1, 0.15) is 11.6 Å². The molecule has 118 valence electrons. The van der Waals surface area contributed by atoms with Crippen molar-refractivity contribution in [2.24, 2.45) is 0 Å². The van der Waals surface area contributed by atoms with E-state index in [0.717, 1.165) is 18.9 Å². The number of carbonyl (C=O) groups is 1. The van der Waals surface area contributed by atoms with Gasteiger partial charge in [-0.2, -0.15) is 0 Å². The van der Waals surface area contributed by atoms with Crippen LogP contribution in [0.1, 0.15) is 10.4 Å². The van der Waals surface area contributed by atoms with Crippen molar-refractivity contribution < 1.29 is 9.53 Å². The Hall–Kier alpha value is -2.66. The predicted molar refractivity (Wildman–Crippen MR) is 89.1 cm³/mol. The molecule has 1 aliphatic rings. The van der Waals surface area contributed by atoms with Gasteiger partial charge in [0.05, 0.1) is 13.2 Å². The third kappa shape index (κ3) is 4.17. The summed E-state index contributed by atoms with van der Waals surface area (Å²) in [5.41, 5.74) is 0.668. The number of ketones is 1. The molecular formula is C18H19N3O2. The summed E-state index contributed by atoms with van der Waals surface area (Å²) in [4.78, 5) is 18.9. The van der Waals surface area contributed by atoms with Crippen LogP contribution in [0.4, 0.5) is 5.82 Å². The molecule has 0 saturated carbocycles. The number of hydrogen-bond donors (Lipinski definition) is 1. The fourth-order valence-electron chi connectivity index (χ4n) is 2.39. The third-order valence-corrected chi connectivity index (χ3v) is 3.60. The van der Waals surface area contributed by atoms with Crippen molar-refractivity contribution in [1.82, 2.24) is 9.88 Å². The van der Waals surface area contributed by atoms with E-state index < -0.39 is 0 Å². The second kappa shape index (κ2) is 7.56. The van der Waals surface area contributed by atoms with Crippen LogP contribution in [-0.2, 0) is 4.74 Å². The molecule has 0 radical (unpaired) electrons. The Bertz CT molecular complexity index is 665. The quantitative estimate of drug-likeness (QED) is 0.679. The van der Waals surface area contributed by atoms with Crippen LogP contribution in [0.15, 0.2) is 66.6 Å². The summed E-state index contributed by atoms with van der Waals surface area (Å²) < 4.78 is 5.39. The van der Waals surface area contributed by atoms with Gasteiger partial charge in [0.15, 0.2) is 5.78 Å². The van der Waals surface area contributed by atoms with E-state index in [2.05, 4.69) is 15.2 Å². The van der Waals surface area contributed by atoms with Crippen LogP contribution in [-0.4, -0.2) is 42.0 Å². The average Bonchev–Trinajstić information content (AvgIpc) is 2.63. The molecule has 1 aliphatic heterocycles. The number of carbonyl (C=O) groups excluding carboxylic acids is 1. The van der Waals surface area contributed by atoms with Crippen molar-refractivity contribution >= 4 is 11.6 Å². The summed E-state index contributed by atoms with van der Waals surface area (Å²) in [6, 6.07) is 14.9. The fourth-order valence-corrected chi connectivity index (χ4v) is 2.39. The summed E-state index contributed by atoms with van der Waals surface area (Å²) in [5, 5.41) is 3.25. The fraction of sp³-hybridized carbons (Fsp3) is 0.222. The first kappa shape index (κ1) is 15.2. The SMILES string of the molecule is O=C(/C=C(/Nc1ccccn1)N1CCOCC1)c1ccccc1.